The highest BCUT2D eigenvalue weighted by Gasteiger charge is 2.17. The minimum atomic E-state index is -0.0430. The number of aryl methyl sites for hydroxylation is 2. The number of rotatable bonds is 5. The summed E-state index contributed by atoms with van der Waals surface area (Å²) in [7, 11) is 1.58. The van der Waals surface area contributed by atoms with Crippen molar-refractivity contribution in [2.45, 2.75) is 26.7 Å². The number of carbonyl (C=O) groups excluding carboxylic acids is 1. The second kappa shape index (κ2) is 6.44. The molecule has 0 bridgehead atoms. The molecule has 0 heterocycles. The standard InChI is InChI=1S/C18H21NO2/c1-4-12-6-7-13(5-2)15(10-12)18(20)16-11-14(21-3)8-9-17(16)19/h6-11H,4-5,19H2,1-3H3. The summed E-state index contributed by atoms with van der Waals surface area (Å²) in [6, 6.07) is 11.2. The number of carbonyl (C=O) groups is 1. The Bertz CT molecular complexity index is 662. The number of ether oxygens (including phenoxy) is 1. The number of benzene rings is 2. The molecule has 0 saturated heterocycles. The molecule has 0 aliphatic carbocycles. The second-order valence-electron chi connectivity index (χ2n) is 4.98. The van der Waals surface area contributed by atoms with Crippen LogP contribution in [0.5, 0.6) is 5.75 Å². The molecule has 3 heteroatoms. The van der Waals surface area contributed by atoms with Gasteiger partial charge in [0.25, 0.3) is 0 Å². The first kappa shape index (κ1) is 15.1. The zero-order valence-electron chi connectivity index (χ0n) is 12.8. The fraction of sp³-hybridized carbons (Fsp3) is 0.278. The SMILES string of the molecule is CCc1ccc(CC)c(C(=O)c2cc(OC)ccc2N)c1. The molecule has 0 aromatic heterocycles. The Morgan fingerprint density at radius 1 is 1.05 bits per heavy atom. The van der Waals surface area contributed by atoms with Crippen molar-refractivity contribution in [1.82, 2.24) is 0 Å². The predicted octanol–water partition coefficient (Wildman–Crippen LogP) is 3.63. The van der Waals surface area contributed by atoms with E-state index in [-0.39, 0.29) is 5.78 Å². The highest BCUT2D eigenvalue weighted by molar-refractivity contribution is 6.13. The summed E-state index contributed by atoms with van der Waals surface area (Å²) in [5.74, 6) is 0.593. The Morgan fingerprint density at radius 3 is 2.43 bits per heavy atom. The van der Waals surface area contributed by atoms with E-state index < -0.39 is 0 Å². The molecule has 0 atom stereocenters. The molecule has 0 aliphatic rings. The minimum Gasteiger partial charge on any atom is -0.497 e. The van der Waals surface area contributed by atoms with Crippen molar-refractivity contribution < 1.29 is 9.53 Å². The molecule has 2 aromatic carbocycles. The largest absolute Gasteiger partial charge is 0.497 e. The zero-order valence-corrected chi connectivity index (χ0v) is 12.8. The summed E-state index contributed by atoms with van der Waals surface area (Å²) < 4.78 is 5.19. The van der Waals surface area contributed by atoms with Crippen molar-refractivity contribution in [3.63, 3.8) is 0 Å². The van der Waals surface area contributed by atoms with Gasteiger partial charge < -0.3 is 10.5 Å². The Labute approximate surface area is 125 Å². The average molecular weight is 283 g/mol. The van der Waals surface area contributed by atoms with Crippen LogP contribution in [0.3, 0.4) is 0 Å². The van der Waals surface area contributed by atoms with Gasteiger partial charge in [0.05, 0.1) is 7.11 Å². The van der Waals surface area contributed by atoms with Gasteiger partial charge in [-0.3, -0.25) is 4.79 Å². The summed E-state index contributed by atoms with van der Waals surface area (Å²) in [5, 5.41) is 0. The molecule has 2 rings (SSSR count). The van der Waals surface area contributed by atoms with Crippen LogP contribution >= 0.6 is 0 Å². The molecule has 0 saturated carbocycles. The first-order chi connectivity index (χ1) is 10.1. The summed E-state index contributed by atoms with van der Waals surface area (Å²) >= 11 is 0. The summed E-state index contributed by atoms with van der Waals surface area (Å²) in [6.45, 7) is 4.13. The van der Waals surface area contributed by atoms with Crippen molar-refractivity contribution in [3.8, 4) is 5.75 Å². The van der Waals surface area contributed by atoms with Gasteiger partial charge in [0.1, 0.15) is 5.75 Å². The smallest absolute Gasteiger partial charge is 0.195 e. The van der Waals surface area contributed by atoms with Crippen molar-refractivity contribution >= 4 is 11.5 Å². The molecular formula is C18H21NO2. The van der Waals surface area contributed by atoms with Gasteiger partial charge in [-0.05, 0) is 48.2 Å². The van der Waals surface area contributed by atoms with Crippen molar-refractivity contribution in [3.05, 3.63) is 58.7 Å². The van der Waals surface area contributed by atoms with E-state index in [2.05, 4.69) is 13.0 Å². The molecule has 0 unspecified atom stereocenters. The third-order valence-electron chi connectivity index (χ3n) is 3.71. The highest BCUT2D eigenvalue weighted by atomic mass is 16.5. The van der Waals surface area contributed by atoms with Gasteiger partial charge in [0.2, 0.25) is 0 Å². The fourth-order valence-corrected chi connectivity index (χ4v) is 2.37. The molecule has 0 spiro atoms. The van der Waals surface area contributed by atoms with Crippen LogP contribution in [0.15, 0.2) is 36.4 Å². The lowest BCUT2D eigenvalue weighted by Gasteiger charge is -2.12. The van der Waals surface area contributed by atoms with Gasteiger partial charge in [-0.1, -0.05) is 26.0 Å². The molecule has 2 aromatic rings. The third-order valence-corrected chi connectivity index (χ3v) is 3.71. The van der Waals surface area contributed by atoms with Crippen molar-refractivity contribution in [1.29, 1.82) is 0 Å². The molecule has 110 valence electrons. The topological polar surface area (TPSA) is 52.3 Å². The second-order valence-corrected chi connectivity index (χ2v) is 4.98. The van der Waals surface area contributed by atoms with E-state index in [9.17, 15) is 4.79 Å². The predicted molar refractivity (Wildman–Crippen MR) is 86.0 cm³/mol. The number of hydrogen-bond acceptors (Lipinski definition) is 3. The number of nitrogens with two attached hydrogens (primary N) is 1. The molecule has 2 N–H and O–H groups in total. The molecular weight excluding hydrogens is 262 g/mol. The van der Waals surface area contributed by atoms with Crippen LogP contribution in [0.1, 0.15) is 40.9 Å². The third kappa shape index (κ3) is 3.07. The molecule has 0 fully saturated rings. The molecule has 3 nitrogen and oxygen atoms in total. The fourth-order valence-electron chi connectivity index (χ4n) is 2.37. The number of nitrogen functional groups attached to an aromatic ring is 1. The van der Waals surface area contributed by atoms with Crippen LogP contribution < -0.4 is 10.5 Å². The van der Waals surface area contributed by atoms with Gasteiger partial charge in [-0.15, -0.1) is 0 Å². The van der Waals surface area contributed by atoms with Crippen molar-refractivity contribution in [2.75, 3.05) is 12.8 Å². The Morgan fingerprint density at radius 2 is 1.81 bits per heavy atom. The van der Waals surface area contributed by atoms with Crippen LogP contribution in [0.25, 0.3) is 0 Å². The van der Waals surface area contributed by atoms with Gasteiger partial charge in [0.15, 0.2) is 5.78 Å². The van der Waals surface area contributed by atoms with Crippen molar-refractivity contribution in [2.24, 2.45) is 0 Å². The lowest BCUT2D eigenvalue weighted by Crippen LogP contribution is -2.09. The van der Waals surface area contributed by atoms with Gasteiger partial charge in [-0.25, -0.2) is 0 Å². The summed E-state index contributed by atoms with van der Waals surface area (Å²) in [6.07, 6.45) is 1.72. The van der Waals surface area contributed by atoms with Crippen LogP contribution in [0.2, 0.25) is 0 Å². The number of ketones is 1. The lowest BCUT2D eigenvalue weighted by atomic mass is 9.93. The maximum absolute atomic E-state index is 12.8. The monoisotopic (exact) mass is 283 g/mol. The number of hydrogen-bond donors (Lipinski definition) is 1. The Hall–Kier alpha value is -2.29. The normalized spacial score (nSPS) is 10.4. The maximum Gasteiger partial charge on any atom is 0.195 e. The van der Waals surface area contributed by atoms with Crippen LogP contribution in [0.4, 0.5) is 5.69 Å². The first-order valence-electron chi connectivity index (χ1n) is 7.20. The Balaban J connectivity index is 2.53. The van der Waals surface area contributed by atoms with E-state index in [1.807, 2.05) is 19.1 Å². The van der Waals surface area contributed by atoms with Gasteiger partial charge >= 0.3 is 0 Å². The van der Waals surface area contributed by atoms with Gasteiger partial charge in [-0.2, -0.15) is 0 Å². The van der Waals surface area contributed by atoms with E-state index in [1.54, 1.807) is 25.3 Å². The minimum absolute atomic E-state index is 0.0430. The van der Waals surface area contributed by atoms with Crippen LogP contribution in [-0.2, 0) is 12.8 Å². The summed E-state index contributed by atoms with van der Waals surface area (Å²) in [5.41, 5.74) is 9.87. The van der Waals surface area contributed by atoms with E-state index in [0.29, 0.717) is 17.0 Å². The van der Waals surface area contributed by atoms with E-state index in [0.717, 1.165) is 29.5 Å². The molecule has 0 amide bonds. The quantitative estimate of drug-likeness (QED) is 0.673. The van der Waals surface area contributed by atoms with E-state index in [4.69, 9.17) is 10.5 Å². The van der Waals surface area contributed by atoms with Gasteiger partial charge in [0, 0.05) is 16.8 Å². The lowest BCUT2D eigenvalue weighted by molar-refractivity contribution is 0.103. The highest BCUT2D eigenvalue weighted by Crippen LogP contribution is 2.25. The molecule has 0 aliphatic heterocycles. The molecule has 0 radical (unpaired) electrons. The molecule has 21 heavy (non-hydrogen) atoms. The van der Waals surface area contributed by atoms with E-state index in [1.165, 1.54) is 0 Å². The number of anilines is 1. The van der Waals surface area contributed by atoms with Crippen LogP contribution in [-0.4, -0.2) is 12.9 Å². The average Bonchev–Trinajstić information content (AvgIpc) is 2.54. The van der Waals surface area contributed by atoms with Crippen LogP contribution in [0, 0.1) is 0 Å². The Kier molecular flexibility index (Phi) is 4.63. The zero-order chi connectivity index (χ0) is 15.4. The number of methoxy groups -OCH3 is 1. The first-order valence-corrected chi connectivity index (χ1v) is 7.20. The summed E-state index contributed by atoms with van der Waals surface area (Å²) in [4.78, 5) is 12.8. The van der Waals surface area contributed by atoms with E-state index >= 15 is 0 Å². The maximum atomic E-state index is 12.8.